The fraction of sp³-hybridized carbons (Fsp3) is 1.00. The molecule has 5 N–H and O–H groups in total. The summed E-state index contributed by atoms with van der Waals surface area (Å²) in [6.07, 6.45) is 0.981. The van der Waals surface area contributed by atoms with Crippen LogP contribution in [0.1, 0.15) is 13.3 Å². The predicted octanol–water partition coefficient (Wildman–Crippen LogP) is -2.42. The van der Waals surface area contributed by atoms with E-state index in [-0.39, 0.29) is 17.0 Å². The number of hydrogen-bond acceptors (Lipinski definition) is 4. The van der Waals surface area contributed by atoms with Crippen LogP contribution in [0.5, 0.6) is 0 Å². The van der Waals surface area contributed by atoms with Crippen molar-refractivity contribution in [3.8, 4) is 0 Å². The first-order valence-corrected chi connectivity index (χ1v) is 3.98. The van der Waals surface area contributed by atoms with Crippen LogP contribution in [0, 0.1) is 0 Å². The second kappa shape index (κ2) is 6.56. The Morgan fingerprint density at radius 1 is 1.25 bits per heavy atom. The summed E-state index contributed by atoms with van der Waals surface area (Å²) < 4.78 is 0. The van der Waals surface area contributed by atoms with E-state index in [2.05, 4.69) is 22.9 Å². The summed E-state index contributed by atoms with van der Waals surface area (Å²) in [6, 6.07) is 0.234. The van der Waals surface area contributed by atoms with Crippen molar-refractivity contribution in [1.29, 1.82) is 0 Å². The molecule has 76 valence electrons. The summed E-state index contributed by atoms with van der Waals surface area (Å²) in [5.41, 5.74) is 5.98. The van der Waals surface area contributed by atoms with Gasteiger partial charge < -0.3 is 5.32 Å². The van der Waals surface area contributed by atoms with Crippen molar-refractivity contribution in [3.05, 3.63) is 0 Å². The Kier molecular flexibility index (Phi) is 7.97. The van der Waals surface area contributed by atoms with Gasteiger partial charge in [-0.15, -0.1) is 0 Å². The standard InChI is InChI=1S/C7H20N4.H4Si/c1-5-6(9-2)7(8,10-3)11-4;/h6,9-11H,5,8H2,1-4H3;1H4. The van der Waals surface area contributed by atoms with Gasteiger partial charge in [-0.2, -0.15) is 0 Å². The number of nitrogens with one attached hydrogen (secondary N) is 3. The fourth-order valence-electron chi connectivity index (χ4n) is 1.23. The number of rotatable bonds is 5. The quantitative estimate of drug-likeness (QED) is 0.289. The third-order valence-corrected chi connectivity index (χ3v) is 2.13. The van der Waals surface area contributed by atoms with Gasteiger partial charge in [0.1, 0.15) is 5.79 Å². The average Bonchev–Trinajstić information content (AvgIpc) is 2.06. The smallest absolute Gasteiger partial charge is 0.136 e. The van der Waals surface area contributed by atoms with E-state index in [1.165, 1.54) is 0 Å². The molecule has 0 spiro atoms. The molecule has 0 amide bonds. The van der Waals surface area contributed by atoms with Gasteiger partial charge in [-0.25, -0.2) is 0 Å². The Labute approximate surface area is 79.7 Å². The predicted molar refractivity (Wildman–Crippen MR) is 59.5 cm³/mol. The van der Waals surface area contributed by atoms with Crippen LogP contribution in [0.25, 0.3) is 0 Å². The fourth-order valence-corrected chi connectivity index (χ4v) is 1.23. The summed E-state index contributed by atoms with van der Waals surface area (Å²) >= 11 is 0. The molecule has 0 aliphatic carbocycles. The van der Waals surface area contributed by atoms with Gasteiger partial charge in [-0.1, -0.05) is 6.92 Å². The minimum atomic E-state index is -0.510. The van der Waals surface area contributed by atoms with Crippen LogP contribution in [-0.2, 0) is 0 Å². The Hall–Kier alpha value is 0.0569. The maximum Gasteiger partial charge on any atom is 0.136 e. The van der Waals surface area contributed by atoms with E-state index in [4.69, 9.17) is 5.73 Å². The average molecular weight is 192 g/mol. The third kappa shape index (κ3) is 3.20. The molecule has 12 heavy (non-hydrogen) atoms. The van der Waals surface area contributed by atoms with Crippen molar-refractivity contribution in [3.63, 3.8) is 0 Å². The molecule has 0 aromatic heterocycles. The monoisotopic (exact) mass is 192 g/mol. The maximum absolute atomic E-state index is 5.98. The van der Waals surface area contributed by atoms with Crippen molar-refractivity contribution < 1.29 is 0 Å². The van der Waals surface area contributed by atoms with Gasteiger partial charge in [0.15, 0.2) is 0 Å². The molecule has 1 atom stereocenters. The molecule has 0 aliphatic heterocycles. The van der Waals surface area contributed by atoms with Gasteiger partial charge in [-0.3, -0.25) is 16.4 Å². The Morgan fingerprint density at radius 2 is 1.67 bits per heavy atom. The molecule has 1 unspecified atom stereocenters. The highest BCUT2D eigenvalue weighted by Gasteiger charge is 2.28. The molecule has 0 radical (unpaired) electrons. The van der Waals surface area contributed by atoms with Crippen LogP contribution in [0.3, 0.4) is 0 Å². The number of hydrogen-bond donors (Lipinski definition) is 4. The lowest BCUT2D eigenvalue weighted by molar-refractivity contribution is 0.216. The first-order valence-electron chi connectivity index (χ1n) is 3.98. The summed E-state index contributed by atoms with van der Waals surface area (Å²) in [4.78, 5) is 0. The highest BCUT2D eigenvalue weighted by Crippen LogP contribution is 2.01. The van der Waals surface area contributed by atoms with Crippen molar-refractivity contribution in [2.75, 3.05) is 21.1 Å². The van der Waals surface area contributed by atoms with E-state index in [0.29, 0.717) is 0 Å². The first-order chi connectivity index (χ1) is 5.14. The van der Waals surface area contributed by atoms with Crippen LogP contribution >= 0.6 is 0 Å². The molecule has 0 saturated heterocycles. The minimum Gasteiger partial charge on any atom is -0.313 e. The zero-order valence-corrected chi connectivity index (χ0v) is 7.86. The van der Waals surface area contributed by atoms with Gasteiger partial charge in [0.2, 0.25) is 0 Å². The largest absolute Gasteiger partial charge is 0.313 e. The molecule has 0 aromatic rings. The lowest BCUT2D eigenvalue weighted by Gasteiger charge is -2.36. The van der Waals surface area contributed by atoms with E-state index < -0.39 is 5.79 Å². The molecule has 0 bridgehead atoms. The molecule has 0 aliphatic rings. The van der Waals surface area contributed by atoms with Crippen molar-refractivity contribution >= 4 is 11.0 Å². The lowest BCUT2D eigenvalue weighted by atomic mass is 10.1. The first kappa shape index (κ1) is 14.6. The molecule has 0 fully saturated rings. The van der Waals surface area contributed by atoms with Gasteiger partial charge >= 0.3 is 0 Å². The molecule has 5 heteroatoms. The number of nitrogens with two attached hydrogens (primary N) is 1. The normalized spacial score (nSPS) is 13.8. The van der Waals surface area contributed by atoms with Gasteiger partial charge in [-0.05, 0) is 38.5 Å². The zero-order valence-electron chi connectivity index (χ0n) is 7.86. The Bertz CT molecular complexity index is 102. The lowest BCUT2D eigenvalue weighted by Crippen LogP contribution is -2.71. The molecular weight excluding hydrogens is 168 g/mol. The molecule has 0 saturated carbocycles. The Morgan fingerprint density at radius 3 is 1.75 bits per heavy atom. The van der Waals surface area contributed by atoms with E-state index >= 15 is 0 Å². The van der Waals surface area contributed by atoms with Crippen molar-refractivity contribution in [2.24, 2.45) is 5.73 Å². The van der Waals surface area contributed by atoms with Crippen LogP contribution in [0.15, 0.2) is 0 Å². The molecular formula is C7H24N4Si. The van der Waals surface area contributed by atoms with Crippen LogP contribution in [0.4, 0.5) is 0 Å². The van der Waals surface area contributed by atoms with Gasteiger partial charge in [0, 0.05) is 0 Å². The van der Waals surface area contributed by atoms with Crippen LogP contribution in [-0.4, -0.2) is 43.9 Å². The van der Waals surface area contributed by atoms with Crippen LogP contribution < -0.4 is 21.7 Å². The summed E-state index contributed by atoms with van der Waals surface area (Å²) in [5, 5.41) is 9.21. The zero-order chi connectivity index (χ0) is 8.91. The second-order valence-electron chi connectivity index (χ2n) is 2.62. The van der Waals surface area contributed by atoms with E-state index in [1.54, 1.807) is 0 Å². The van der Waals surface area contributed by atoms with E-state index in [9.17, 15) is 0 Å². The molecule has 0 heterocycles. The summed E-state index contributed by atoms with van der Waals surface area (Å²) in [5.74, 6) is -0.510. The Balaban J connectivity index is 0. The van der Waals surface area contributed by atoms with Crippen LogP contribution in [0.2, 0.25) is 0 Å². The minimum absolute atomic E-state index is 0. The van der Waals surface area contributed by atoms with E-state index in [0.717, 1.165) is 6.42 Å². The highest BCUT2D eigenvalue weighted by atomic mass is 28.1. The maximum atomic E-state index is 5.98. The topological polar surface area (TPSA) is 62.1 Å². The SMILES string of the molecule is CCC(NC)C(N)(NC)NC.[SiH4]. The third-order valence-electron chi connectivity index (χ3n) is 2.13. The molecule has 0 aromatic carbocycles. The molecule has 0 rings (SSSR count). The summed E-state index contributed by atoms with van der Waals surface area (Å²) in [6.45, 7) is 2.09. The highest BCUT2D eigenvalue weighted by molar-refractivity contribution is 5.75. The van der Waals surface area contributed by atoms with Crippen molar-refractivity contribution in [1.82, 2.24) is 16.0 Å². The van der Waals surface area contributed by atoms with Crippen molar-refractivity contribution in [2.45, 2.75) is 25.2 Å². The summed E-state index contributed by atoms with van der Waals surface area (Å²) in [7, 11) is 5.59. The second-order valence-corrected chi connectivity index (χ2v) is 2.62. The van der Waals surface area contributed by atoms with Gasteiger partial charge in [0.25, 0.3) is 0 Å². The van der Waals surface area contributed by atoms with E-state index in [1.807, 2.05) is 21.1 Å². The van der Waals surface area contributed by atoms with Gasteiger partial charge in [0.05, 0.1) is 6.04 Å². The number of likely N-dealkylation sites (N-methyl/N-ethyl adjacent to an activating group) is 3. The molecule has 4 nitrogen and oxygen atoms in total.